The predicted octanol–water partition coefficient (Wildman–Crippen LogP) is 2.25. The molecule has 0 aliphatic heterocycles. The Bertz CT molecular complexity index is 1190. The monoisotopic (exact) mass is 391 g/mol. The number of ether oxygens (including phenoxy) is 2. The van der Waals surface area contributed by atoms with Crippen LogP contribution in [-0.4, -0.2) is 49.8 Å². The van der Waals surface area contributed by atoms with Crippen LogP contribution in [0.15, 0.2) is 43.0 Å². The lowest BCUT2D eigenvalue weighted by atomic mass is 10.1. The van der Waals surface area contributed by atoms with Crippen molar-refractivity contribution in [2.45, 2.75) is 6.92 Å². The van der Waals surface area contributed by atoms with Gasteiger partial charge >= 0.3 is 0 Å². The lowest BCUT2D eigenvalue weighted by Crippen LogP contribution is -2.12. The van der Waals surface area contributed by atoms with Gasteiger partial charge in [-0.3, -0.25) is 10.1 Å². The SMILES string of the molecule is COc1ccc(-c2ccc3nc(NC(C)=O)nc(-n4cncn4)c3n2)cc1OC. The highest BCUT2D eigenvalue weighted by molar-refractivity contribution is 5.90. The number of nitrogens with one attached hydrogen (secondary N) is 1. The zero-order valence-electron chi connectivity index (χ0n) is 15.9. The molecule has 146 valence electrons. The van der Waals surface area contributed by atoms with Crippen LogP contribution < -0.4 is 14.8 Å². The van der Waals surface area contributed by atoms with Crippen LogP contribution in [0.4, 0.5) is 5.95 Å². The maximum atomic E-state index is 11.4. The summed E-state index contributed by atoms with van der Waals surface area (Å²) in [6.45, 7) is 1.39. The van der Waals surface area contributed by atoms with E-state index in [0.29, 0.717) is 34.0 Å². The smallest absolute Gasteiger partial charge is 0.232 e. The van der Waals surface area contributed by atoms with E-state index in [9.17, 15) is 4.79 Å². The predicted molar refractivity (Wildman–Crippen MR) is 105 cm³/mol. The highest BCUT2D eigenvalue weighted by Crippen LogP contribution is 2.32. The number of anilines is 1. The van der Waals surface area contributed by atoms with Gasteiger partial charge in [0.15, 0.2) is 17.3 Å². The van der Waals surface area contributed by atoms with E-state index in [1.807, 2.05) is 30.3 Å². The number of hydrogen-bond donors (Lipinski definition) is 1. The molecular weight excluding hydrogens is 374 g/mol. The van der Waals surface area contributed by atoms with Crippen LogP contribution in [-0.2, 0) is 4.79 Å². The number of carbonyl (C=O) groups is 1. The van der Waals surface area contributed by atoms with Gasteiger partial charge < -0.3 is 9.47 Å². The van der Waals surface area contributed by atoms with Gasteiger partial charge in [-0.1, -0.05) is 0 Å². The van der Waals surface area contributed by atoms with E-state index in [2.05, 4.69) is 25.4 Å². The highest BCUT2D eigenvalue weighted by atomic mass is 16.5. The molecule has 0 saturated carbocycles. The number of fused-ring (bicyclic) bond motifs is 1. The molecule has 0 atom stereocenters. The van der Waals surface area contributed by atoms with Crippen LogP contribution in [0.2, 0.25) is 0 Å². The Morgan fingerprint density at radius 2 is 1.86 bits per heavy atom. The average Bonchev–Trinajstić information content (AvgIpc) is 3.26. The molecule has 0 aliphatic rings. The molecule has 10 nitrogen and oxygen atoms in total. The van der Waals surface area contributed by atoms with Gasteiger partial charge in [-0.2, -0.15) is 10.1 Å². The summed E-state index contributed by atoms with van der Waals surface area (Å²) in [4.78, 5) is 28.9. The van der Waals surface area contributed by atoms with Crippen LogP contribution in [0.3, 0.4) is 0 Å². The molecule has 0 spiro atoms. The molecule has 4 aromatic rings. The number of rotatable bonds is 5. The number of pyridine rings is 1. The Labute approximate surface area is 165 Å². The van der Waals surface area contributed by atoms with E-state index in [0.717, 1.165) is 5.56 Å². The Balaban J connectivity index is 1.89. The Morgan fingerprint density at radius 1 is 1.03 bits per heavy atom. The quantitative estimate of drug-likeness (QED) is 0.550. The van der Waals surface area contributed by atoms with E-state index < -0.39 is 0 Å². The van der Waals surface area contributed by atoms with E-state index in [1.165, 1.54) is 24.3 Å². The minimum Gasteiger partial charge on any atom is -0.493 e. The van der Waals surface area contributed by atoms with Crippen molar-refractivity contribution in [1.82, 2.24) is 29.7 Å². The number of amides is 1. The first kappa shape index (κ1) is 18.3. The molecule has 0 aliphatic carbocycles. The van der Waals surface area contributed by atoms with E-state index >= 15 is 0 Å². The minimum atomic E-state index is -0.274. The molecular formula is C19H17N7O3. The maximum Gasteiger partial charge on any atom is 0.232 e. The van der Waals surface area contributed by atoms with Crippen molar-refractivity contribution >= 4 is 22.9 Å². The summed E-state index contributed by atoms with van der Waals surface area (Å²) < 4.78 is 12.1. The first-order chi connectivity index (χ1) is 14.1. The second kappa shape index (κ2) is 7.50. The van der Waals surface area contributed by atoms with Crippen molar-refractivity contribution in [3.05, 3.63) is 43.0 Å². The van der Waals surface area contributed by atoms with Crippen molar-refractivity contribution in [2.75, 3.05) is 19.5 Å². The van der Waals surface area contributed by atoms with E-state index in [1.54, 1.807) is 14.2 Å². The zero-order valence-corrected chi connectivity index (χ0v) is 15.9. The van der Waals surface area contributed by atoms with Gasteiger partial charge in [0.1, 0.15) is 18.2 Å². The van der Waals surface area contributed by atoms with Crippen molar-refractivity contribution in [3.8, 4) is 28.6 Å². The fraction of sp³-hybridized carbons (Fsp3) is 0.158. The molecule has 1 N–H and O–H groups in total. The Morgan fingerprint density at radius 3 is 2.55 bits per heavy atom. The molecule has 1 aromatic carbocycles. The lowest BCUT2D eigenvalue weighted by Gasteiger charge is -2.11. The lowest BCUT2D eigenvalue weighted by molar-refractivity contribution is -0.114. The minimum absolute atomic E-state index is 0.163. The molecule has 0 saturated heterocycles. The van der Waals surface area contributed by atoms with E-state index in [-0.39, 0.29) is 11.9 Å². The molecule has 0 fully saturated rings. The van der Waals surface area contributed by atoms with Gasteiger partial charge in [0, 0.05) is 12.5 Å². The molecule has 0 bridgehead atoms. The van der Waals surface area contributed by atoms with Gasteiger partial charge in [0.2, 0.25) is 11.9 Å². The summed E-state index contributed by atoms with van der Waals surface area (Å²) in [7, 11) is 3.16. The summed E-state index contributed by atoms with van der Waals surface area (Å²) in [5, 5.41) is 6.73. The van der Waals surface area contributed by atoms with Crippen molar-refractivity contribution in [1.29, 1.82) is 0 Å². The molecule has 4 rings (SSSR count). The zero-order chi connectivity index (χ0) is 20.4. The van der Waals surface area contributed by atoms with Gasteiger partial charge in [0.25, 0.3) is 0 Å². The third-order valence-corrected chi connectivity index (χ3v) is 4.13. The number of hydrogen-bond acceptors (Lipinski definition) is 8. The normalized spacial score (nSPS) is 10.7. The van der Waals surface area contributed by atoms with Crippen molar-refractivity contribution < 1.29 is 14.3 Å². The van der Waals surface area contributed by atoms with Crippen LogP contribution in [0, 0.1) is 0 Å². The summed E-state index contributed by atoms with van der Waals surface area (Å²) in [5.74, 6) is 1.52. The molecule has 1 amide bonds. The van der Waals surface area contributed by atoms with Crippen LogP contribution in [0.1, 0.15) is 6.92 Å². The second-order valence-electron chi connectivity index (χ2n) is 6.03. The number of carbonyl (C=O) groups excluding carboxylic acids is 1. The Hall–Kier alpha value is -4.08. The summed E-state index contributed by atoms with van der Waals surface area (Å²) in [6, 6.07) is 9.18. The fourth-order valence-corrected chi connectivity index (χ4v) is 2.85. The Kier molecular flexibility index (Phi) is 4.73. The molecule has 3 heterocycles. The summed E-state index contributed by atoms with van der Waals surface area (Å²) in [5.41, 5.74) is 2.59. The molecule has 0 unspecified atom stereocenters. The van der Waals surface area contributed by atoms with Gasteiger partial charge in [-0.15, -0.1) is 0 Å². The largest absolute Gasteiger partial charge is 0.493 e. The van der Waals surface area contributed by atoms with Gasteiger partial charge in [0.05, 0.1) is 25.4 Å². The molecule has 29 heavy (non-hydrogen) atoms. The third kappa shape index (κ3) is 3.55. The molecule has 3 aromatic heterocycles. The number of nitrogens with zero attached hydrogens (tertiary/aromatic N) is 6. The second-order valence-corrected chi connectivity index (χ2v) is 6.03. The number of methoxy groups -OCH3 is 2. The van der Waals surface area contributed by atoms with Crippen molar-refractivity contribution in [2.24, 2.45) is 0 Å². The number of aromatic nitrogens is 6. The number of benzene rings is 1. The summed E-state index contributed by atoms with van der Waals surface area (Å²) in [6.07, 6.45) is 2.90. The van der Waals surface area contributed by atoms with Crippen molar-refractivity contribution in [3.63, 3.8) is 0 Å². The first-order valence-corrected chi connectivity index (χ1v) is 8.63. The topological polar surface area (TPSA) is 117 Å². The average molecular weight is 391 g/mol. The van der Waals surface area contributed by atoms with E-state index in [4.69, 9.17) is 14.5 Å². The summed E-state index contributed by atoms with van der Waals surface area (Å²) >= 11 is 0. The molecule has 10 heteroatoms. The first-order valence-electron chi connectivity index (χ1n) is 8.63. The standard InChI is InChI=1S/C19H17N7O3/c1-11(27)22-19-24-14-6-5-13(12-4-7-15(28-2)16(8-12)29-3)23-17(14)18(25-19)26-10-20-9-21-26/h4-10H,1-3H3,(H,22,24,25,27). The fourth-order valence-electron chi connectivity index (χ4n) is 2.85. The van der Waals surface area contributed by atoms with Gasteiger partial charge in [-0.25, -0.2) is 19.6 Å². The third-order valence-electron chi connectivity index (χ3n) is 4.13. The van der Waals surface area contributed by atoms with Crippen LogP contribution in [0.5, 0.6) is 11.5 Å². The maximum absolute atomic E-state index is 11.4. The highest BCUT2D eigenvalue weighted by Gasteiger charge is 2.15. The van der Waals surface area contributed by atoms with Crippen LogP contribution >= 0.6 is 0 Å². The van der Waals surface area contributed by atoms with Crippen LogP contribution in [0.25, 0.3) is 28.1 Å². The molecule has 0 radical (unpaired) electrons. The van der Waals surface area contributed by atoms with Gasteiger partial charge in [-0.05, 0) is 30.3 Å².